The highest BCUT2D eigenvalue weighted by atomic mass is 79.9. The van der Waals surface area contributed by atoms with Gasteiger partial charge in [0.05, 0.1) is 10.5 Å². The van der Waals surface area contributed by atoms with Crippen molar-refractivity contribution in [3.63, 3.8) is 0 Å². The summed E-state index contributed by atoms with van der Waals surface area (Å²) >= 11 is 3.40. The molecule has 0 bridgehead atoms. The van der Waals surface area contributed by atoms with E-state index >= 15 is 0 Å². The summed E-state index contributed by atoms with van der Waals surface area (Å²) in [6, 6.07) is 14.8. The molecule has 0 radical (unpaired) electrons. The maximum absolute atomic E-state index is 12.4. The molecule has 1 amide bonds. The molecular formula is C19H15BrN2O3. The molecule has 1 N–H and O–H groups in total. The summed E-state index contributed by atoms with van der Waals surface area (Å²) in [4.78, 5) is 12.4. The highest BCUT2D eigenvalue weighted by Crippen LogP contribution is 2.40. The molecule has 126 valence electrons. The Hall–Kier alpha value is -2.78. The predicted octanol–water partition coefficient (Wildman–Crippen LogP) is 3.96. The number of hydrogen-bond acceptors (Lipinski definition) is 4. The quantitative estimate of drug-likeness (QED) is 0.624. The number of amides is 1. The number of benzene rings is 2. The molecule has 1 aliphatic rings. The highest BCUT2D eigenvalue weighted by molar-refractivity contribution is 9.10. The molecule has 5 nitrogen and oxygen atoms in total. The van der Waals surface area contributed by atoms with Crippen molar-refractivity contribution in [3.8, 4) is 17.6 Å². The van der Waals surface area contributed by atoms with Crippen LogP contribution in [0.1, 0.15) is 24.1 Å². The number of halogens is 1. The van der Waals surface area contributed by atoms with Gasteiger partial charge in [0.25, 0.3) is 5.91 Å². The van der Waals surface area contributed by atoms with Crippen molar-refractivity contribution < 1.29 is 14.3 Å². The molecule has 1 atom stereocenters. The monoisotopic (exact) mass is 398 g/mol. The average Bonchev–Trinajstić information content (AvgIpc) is 3.09. The Morgan fingerprint density at radius 2 is 2.08 bits per heavy atom. The van der Waals surface area contributed by atoms with E-state index in [2.05, 4.69) is 21.2 Å². The van der Waals surface area contributed by atoms with Crippen molar-refractivity contribution in [2.75, 3.05) is 6.79 Å². The lowest BCUT2D eigenvalue weighted by atomic mass is 10.1. The molecular weight excluding hydrogens is 384 g/mol. The summed E-state index contributed by atoms with van der Waals surface area (Å²) in [6.45, 7) is 2.03. The van der Waals surface area contributed by atoms with E-state index in [1.165, 1.54) is 6.08 Å². The molecule has 2 aromatic carbocycles. The topological polar surface area (TPSA) is 71.4 Å². The number of nitrogens with zero attached hydrogens (tertiary/aromatic N) is 1. The van der Waals surface area contributed by atoms with Crippen molar-refractivity contribution in [2.24, 2.45) is 0 Å². The van der Waals surface area contributed by atoms with Crippen LogP contribution in [0.2, 0.25) is 0 Å². The fraction of sp³-hybridized carbons (Fsp3) is 0.158. The number of rotatable bonds is 4. The minimum Gasteiger partial charge on any atom is -0.454 e. The zero-order valence-electron chi connectivity index (χ0n) is 13.5. The van der Waals surface area contributed by atoms with Crippen molar-refractivity contribution in [1.29, 1.82) is 5.26 Å². The Labute approximate surface area is 154 Å². The van der Waals surface area contributed by atoms with Gasteiger partial charge in [-0.2, -0.15) is 5.26 Å². The van der Waals surface area contributed by atoms with E-state index in [0.717, 1.165) is 5.56 Å². The van der Waals surface area contributed by atoms with Crippen LogP contribution < -0.4 is 14.8 Å². The summed E-state index contributed by atoms with van der Waals surface area (Å²) in [7, 11) is 0. The van der Waals surface area contributed by atoms with E-state index in [9.17, 15) is 10.1 Å². The van der Waals surface area contributed by atoms with Crippen molar-refractivity contribution in [3.05, 3.63) is 63.6 Å². The molecule has 0 saturated heterocycles. The standard InChI is InChI=1S/C19H15BrN2O3/c1-12(14-5-3-2-4-6-14)22-19(23)15(10-21)7-13-8-16(20)18-17(9-13)24-11-25-18/h2-9,12H,11H2,1H3,(H,22,23)/b15-7+/t12-/m1/s1. The minimum atomic E-state index is -0.423. The fourth-order valence-corrected chi connectivity index (χ4v) is 3.06. The first-order valence-electron chi connectivity index (χ1n) is 7.65. The zero-order chi connectivity index (χ0) is 17.8. The summed E-state index contributed by atoms with van der Waals surface area (Å²) < 4.78 is 11.4. The Kier molecular flexibility index (Phi) is 5.05. The fourth-order valence-electron chi connectivity index (χ4n) is 2.49. The van der Waals surface area contributed by atoms with Gasteiger partial charge in [-0.15, -0.1) is 0 Å². The van der Waals surface area contributed by atoms with Crippen LogP contribution in [0.25, 0.3) is 6.08 Å². The lowest BCUT2D eigenvalue weighted by molar-refractivity contribution is -0.117. The third-order valence-corrected chi connectivity index (χ3v) is 4.36. The second kappa shape index (κ2) is 7.41. The number of hydrogen-bond donors (Lipinski definition) is 1. The number of nitrogens with one attached hydrogen (secondary N) is 1. The highest BCUT2D eigenvalue weighted by Gasteiger charge is 2.19. The molecule has 25 heavy (non-hydrogen) atoms. The normalized spacial score (nSPS) is 13.9. The van der Waals surface area contributed by atoms with Crippen LogP contribution in [-0.2, 0) is 4.79 Å². The van der Waals surface area contributed by atoms with Crippen LogP contribution in [0.3, 0.4) is 0 Å². The van der Waals surface area contributed by atoms with Gasteiger partial charge in [-0.1, -0.05) is 30.3 Å². The van der Waals surface area contributed by atoms with E-state index in [-0.39, 0.29) is 18.4 Å². The molecule has 3 rings (SSSR count). The molecule has 1 aliphatic heterocycles. The third-order valence-electron chi connectivity index (χ3n) is 3.77. The molecule has 0 fully saturated rings. The van der Waals surface area contributed by atoms with Crippen LogP contribution in [0.15, 0.2) is 52.5 Å². The number of fused-ring (bicyclic) bond motifs is 1. The van der Waals surface area contributed by atoms with E-state index in [1.54, 1.807) is 12.1 Å². The average molecular weight is 399 g/mol. The van der Waals surface area contributed by atoms with Gasteiger partial charge in [0.1, 0.15) is 11.6 Å². The largest absolute Gasteiger partial charge is 0.454 e. The molecule has 0 spiro atoms. The summed E-state index contributed by atoms with van der Waals surface area (Å²) in [5.41, 5.74) is 1.67. The number of ether oxygens (including phenoxy) is 2. The Balaban J connectivity index is 1.80. The second-order valence-corrected chi connectivity index (χ2v) is 6.37. The van der Waals surface area contributed by atoms with Crippen molar-refractivity contribution >= 4 is 27.9 Å². The second-order valence-electron chi connectivity index (χ2n) is 5.51. The van der Waals surface area contributed by atoms with Gasteiger partial charge in [0.2, 0.25) is 6.79 Å². The van der Waals surface area contributed by atoms with Crippen molar-refractivity contribution in [2.45, 2.75) is 13.0 Å². The molecule has 0 aromatic heterocycles. The van der Waals surface area contributed by atoms with Crippen LogP contribution in [0.5, 0.6) is 11.5 Å². The molecule has 0 unspecified atom stereocenters. The van der Waals surface area contributed by atoms with Crippen LogP contribution in [0.4, 0.5) is 0 Å². The van der Waals surface area contributed by atoms with Gasteiger partial charge in [0.15, 0.2) is 11.5 Å². The zero-order valence-corrected chi connectivity index (χ0v) is 15.0. The first kappa shape index (κ1) is 17.1. The molecule has 6 heteroatoms. The third kappa shape index (κ3) is 3.83. The van der Waals surface area contributed by atoms with E-state index in [4.69, 9.17) is 9.47 Å². The number of carbonyl (C=O) groups is 1. The van der Waals surface area contributed by atoms with Gasteiger partial charge in [-0.3, -0.25) is 4.79 Å². The van der Waals surface area contributed by atoms with Crippen molar-refractivity contribution in [1.82, 2.24) is 5.32 Å². The first-order valence-corrected chi connectivity index (χ1v) is 8.44. The lowest BCUT2D eigenvalue weighted by Gasteiger charge is -2.13. The molecule has 1 heterocycles. The van der Waals surface area contributed by atoms with Gasteiger partial charge in [0, 0.05) is 0 Å². The number of carbonyl (C=O) groups excluding carboxylic acids is 1. The minimum absolute atomic E-state index is 0.0218. The summed E-state index contributed by atoms with van der Waals surface area (Å²) in [6.07, 6.45) is 1.53. The predicted molar refractivity (Wildman–Crippen MR) is 96.9 cm³/mol. The van der Waals surface area contributed by atoms with E-state index < -0.39 is 5.91 Å². The summed E-state index contributed by atoms with van der Waals surface area (Å²) in [5, 5.41) is 12.2. The molecule has 2 aromatic rings. The van der Waals surface area contributed by atoms with Crippen LogP contribution >= 0.6 is 15.9 Å². The maximum Gasteiger partial charge on any atom is 0.262 e. The van der Waals surface area contributed by atoms with Gasteiger partial charge in [-0.25, -0.2) is 0 Å². The first-order chi connectivity index (χ1) is 12.1. The van der Waals surface area contributed by atoms with E-state index in [0.29, 0.717) is 21.5 Å². The Morgan fingerprint density at radius 3 is 2.80 bits per heavy atom. The Bertz CT molecular complexity index is 872. The van der Waals surface area contributed by atoms with E-state index in [1.807, 2.05) is 43.3 Å². The smallest absolute Gasteiger partial charge is 0.262 e. The molecule has 0 aliphatic carbocycles. The van der Waals surface area contributed by atoms with Gasteiger partial charge >= 0.3 is 0 Å². The lowest BCUT2D eigenvalue weighted by Crippen LogP contribution is -2.27. The maximum atomic E-state index is 12.4. The SMILES string of the molecule is C[C@@H](NC(=O)/C(C#N)=C/c1cc(Br)c2c(c1)OCO2)c1ccccc1. The van der Waals surface area contributed by atoms with Gasteiger partial charge < -0.3 is 14.8 Å². The van der Waals surface area contributed by atoms with Crippen LogP contribution in [0, 0.1) is 11.3 Å². The number of nitriles is 1. The summed E-state index contributed by atoms with van der Waals surface area (Å²) in [5.74, 6) is 0.779. The van der Waals surface area contributed by atoms with Crippen LogP contribution in [-0.4, -0.2) is 12.7 Å². The Morgan fingerprint density at radius 1 is 1.32 bits per heavy atom. The van der Waals surface area contributed by atoms with Gasteiger partial charge in [-0.05, 0) is 52.2 Å². The molecule has 0 saturated carbocycles.